The normalized spacial score (nSPS) is 55.3. The highest BCUT2D eigenvalue weighted by atomic mass is 16.6. The van der Waals surface area contributed by atoms with Gasteiger partial charge in [0.15, 0.2) is 0 Å². The Morgan fingerprint density at radius 1 is 1.64 bits per heavy atom. The van der Waals surface area contributed by atoms with E-state index in [-0.39, 0.29) is 13.2 Å². The van der Waals surface area contributed by atoms with Gasteiger partial charge < -0.3 is 19.7 Å². The van der Waals surface area contributed by atoms with Gasteiger partial charge in [0.05, 0.1) is 13.2 Å². The van der Waals surface area contributed by atoms with E-state index in [9.17, 15) is 5.11 Å². The molecule has 5 heteroatoms. The van der Waals surface area contributed by atoms with Crippen LogP contribution in [0.25, 0.3) is 0 Å². The Bertz CT molecular complexity index is 176. The van der Waals surface area contributed by atoms with Crippen molar-refractivity contribution in [2.45, 2.75) is 23.8 Å². The number of aliphatic hydroxyl groups is 2. The van der Waals surface area contributed by atoms with Gasteiger partial charge in [-0.25, -0.2) is 0 Å². The van der Waals surface area contributed by atoms with Gasteiger partial charge in [-0.05, 0) is 0 Å². The van der Waals surface area contributed by atoms with Gasteiger partial charge in [0.2, 0.25) is 0 Å². The molecule has 0 saturated carbocycles. The first-order valence-electron chi connectivity index (χ1n) is 3.53. The molecule has 2 N–H and O–H groups in total. The minimum Gasteiger partial charge on any atom is -0.393 e. The van der Waals surface area contributed by atoms with Crippen molar-refractivity contribution < 1.29 is 19.7 Å². The highest BCUT2D eigenvalue weighted by molar-refractivity contribution is 6.11. The molecule has 0 aromatic heterocycles. The summed E-state index contributed by atoms with van der Waals surface area (Å²) in [5, 5.41) is 18.4. The summed E-state index contributed by atoms with van der Waals surface area (Å²) in [4.78, 5) is 0. The van der Waals surface area contributed by atoms with Gasteiger partial charge in [0.25, 0.3) is 0 Å². The summed E-state index contributed by atoms with van der Waals surface area (Å²) in [6.07, 6.45) is -1.26. The Morgan fingerprint density at radius 2 is 2.36 bits per heavy atom. The van der Waals surface area contributed by atoms with E-state index < -0.39 is 23.8 Å². The van der Waals surface area contributed by atoms with E-state index >= 15 is 0 Å². The van der Waals surface area contributed by atoms with Gasteiger partial charge in [0, 0.05) is 6.00 Å². The molecule has 2 radical (unpaired) electrons. The molecule has 2 aliphatic rings. The van der Waals surface area contributed by atoms with Crippen LogP contribution in [0.1, 0.15) is 0 Å². The van der Waals surface area contributed by atoms with Crippen molar-refractivity contribution in [1.82, 2.24) is 0 Å². The van der Waals surface area contributed by atoms with Crippen LogP contribution >= 0.6 is 0 Å². The van der Waals surface area contributed by atoms with E-state index in [1.807, 2.05) is 0 Å². The summed E-state index contributed by atoms with van der Waals surface area (Å²) in [6, 6.07) is -0.606. The third-order valence-electron chi connectivity index (χ3n) is 2.33. The summed E-state index contributed by atoms with van der Waals surface area (Å²) in [7, 11) is 5.45. The minimum atomic E-state index is -0.954. The molecule has 0 aromatic carbocycles. The number of hydrogen-bond acceptors (Lipinski definition) is 4. The van der Waals surface area contributed by atoms with Crippen LogP contribution < -0.4 is 0 Å². The molecular formula is C6H9BO4. The molecule has 2 bridgehead atoms. The van der Waals surface area contributed by atoms with Gasteiger partial charge in [-0.1, -0.05) is 0 Å². The molecule has 0 spiro atoms. The lowest BCUT2D eigenvalue weighted by Gasteiger charge is -2.27. The SMILES string of the molecule is [B][C@@H]1O[C@@]2(CO)CO[C@H]1C2O. The summed E-state index contributed by atoms with van der Waals surface area (Å²) < 4.78 is 10.3. The van der Waals surface area contributed by atoms with Gasteiger partial charge >= 0.3 is 0 Å². The van der Waals surface area contributed by atoms with Crippen LogP contribution in [0.2, 0.25) is 0 Å². The summed E-state index contributed by atoms with van der Waals surface area (Å²) in [6.45, 7) is -0.0264. The molecule has 1 unspecified atom stereocenters. The van der Waals surface area contributed by atoms with E-state index in [4.69, 9.17) is 22.4 Å². The minimum absolute atomic E-state index is 0.225. The maximum absolute atomic E-state index is 9.46. The molecule has 0 aliphatic carbocycles. The van der Waals surface area contributed by atoms with Crippen molar-refractivity contribution in [3.05, 3.63) is 0 Å². The Morgan fingerprint density at radius 3 is 2.64 bits per heavy atom. The van der Waals surface area contributed by atoms with Gasteiger partial charge in [-0.2, -0.15) is 0 Å². The van der Waals surface area contributed by atoms with Crippen LogP contribution in [-0.4, -0.2) is 55.1 Å². The van der Waals surface area contributed by atoms with E-state index in [1.165, 1.54) is 0 Å². The number of fused-ring (bicyclic) bond motifs is 2. The van der Waals surface area contributed by atoms with Crippen LogP contribution in [0.15, 0.2) is 0 Å². The van der Waals surface area contributed by atoms with Crippen molar-refractivity contribution in [2.75, 3.05) is 13.2 Å². The third kappa shape index (κ3) is 0.795. The van der Waals surface area contributed by atoms with Crippen LogP contribution in [-0.2, 0) is 9.47 Å². The topological polar surface area (TPSA) is 58.9 Å². The molecule has 2 aliphatic heterocycles. The number of aliphatic hydroxyl groups excluding tert-OH is 2. The van der Waals surface area contributed by atoms with Gasteiger partial charge in [-0.3, -0.25) is 0 Å². The molecular weight excluding hydrogens is 147 g/mol. The van der Waals surface area contributed by atoms with Crippen LogP contribution in [0.5, 0.6) is 0 Å². The van der Waals surface area contributed by atoms with Gasteiger partial charge in [-0.15, -0.1) is 0 Å². The average Bonchev–Trinajstić information content (AvgIpc) is 2.42. The smallest absolute Gasteiger partial charge is 0.142 e. The predicted molar refractivity (Wildman–Crippen MR) is 36.2 cm³/mol. The van der Waals surface area contributed by atoms with Crippen LogP contribution in [0.3, 0.4) is 0 Å². The summed E-state index contributed by atoms with van der Waals surface area (Å²) in [5.41, 5.74) is -0.954. The molecule has 11 heavy (non-hydrogen) atoms. The second kappa shape index (κ2) is 2.20. The first-order chi connectivity index (χ1) is 5.19. The Balaban J connectivity index is 2.24. The number of hydrogen-bond donors (Lipinski definition) is 2. The maximum Gasteiger partial charge on any atom is 0.142 e. The molecule has 4 atom stereocenters. The zero-order chi connectivity index (χ0) is 8.06. The zero-order valence-corrected chi connectivity index (χ0v) is 5.93. The number of ether oxygens (including phenoxy) is 2. The van der Waals surface area contributed by atoms with E-state index in [2.05, 4.69) is 0 Å². The number of rotatable bonds is 1. The fraction of sp³-hybridized carbons (Fsp3) is 1.00. The molecule has 2 saturated heterocycles. The van der Waals surface area contributed by atoms with E-state index in [0.717, 1.165) is 0 Å². The fourth-order valence-corrected chi connectivity index (χ4v) is 1.61. The second-order valence-corrected chi connectivity index (χ2v) is 3.03. The Labute approximate surface area is 65.5 Å². The van der Waals surface area contributed by atoms with Crippen molar-refractivity contribution in [3.63, 3.8) is 0 Å². The van der Waals surface area contributed by atoms with Crippen molar-refractivity contribution in [3.8, 4) is 0 Å². The van der Waals surface area contributed by atoms with Gasteiger partial charge in [0.1, 0.15) is 25.7 Å². The lowest BCUT2D eigenvalue weighted by atomic mass is 9.92. The lowest BCUT2D eigenvalue weighted by Crippen LogP contribution is -2.44. The highest BCUT2D eigenvalue weighted by Crippen LogP contribution is 2.38. The largest absolute Gasteiger partial charge is 0.393 e. The Kier molecular flexibility index (Phi) is 1.51. The quantitative estimate of drug-likeness (QED) is 0.431. The first kappa shape index (κ1) is 7.55. The third-order valence-corrected chi connectivity index (χ3v) is 2.33. The second-order valence-electron chi connectivity index (χ2n) is 3.03. The van der Waals surface area contributed by atoms with Crippen molar-refractivity contribution in [2.24, 2.45) is 0 Å². The monoisotopic (exact) mass is 156 g/mol. The average molecular weight is 156 g/mol. The molecule has 0 amide bonds. The molecule has 2 heterocycles. The first-order valence-corrected chi connectivity index (χ1v) is 3.53. The maximum atomic E-state index is 9.46. The molecule has 60 valence electrons. The van der Waals surface area contributed by atoms with Crippen LogP contribution in [0, 0.1) is 0 Å². The Hall–Kier alpha value is -0.0951. The predicted octanol–water partition coefficient (Wildman–Crippen LogP) is -2.00. The standard InChI is InChI=1S/C6H9BO4/c7-5-3-4(9)6(1-8,11-5)2-10-3/h3-5,8-9H,1-2H2/t3-,4?,5+,6-/m0/s1. The lowest BCUT2D eigenvalue weighted by molar-refractivity contribution is -0.136. The fourth-order valence-electron chi connectivity index (χ4n) is 1.61. The molecule has 4 nitrogen and oxygen atoms in total. The van der Waals surface area contributed by atoms with Crippen molar-refractivity contribution >= 4 is 7.85 Å². The molecule has 2 fully saturated rings. The van der Waals surface area contributed by atoms with E-state index in [0.29, 0.717) is 0 Å². The highest BCUT2D eigenvalue weighted by Gasteiger charge is 2.58. The zero-order valence-electron chi connectivity index (χ0n) is 5.93. The van der Waals surface area contributed by atoms with Crippen molar-refractivity contribution in [1.29, 1.82) is 0 Å². The van der Waals surface area contributed by atoms with Crippen LogP contribution in [0.4, 0.5) is 0 Å². The molecule has 0 aromatic rings. The summed E-state index contributed by atoms with van der Waals surface area (Å²) in [5.74, 6) is 0. The van der Waals surface area contributed by atoms with E-state index in [1.54, 1.807) is 0 Å². The molecule has 2 rings (SSSR count). The summed E-state index contributed by atoms with van der Waals surface area (Å²) >= 11 is 0.